The largest absolute Gasteiger partial charge is 0.322 e. The molecule has 0 saturated carbocycles. The van der Waals surface area contributed by atoms with Crippen LogP contribution in [0, 0.1) is 3.57 Å². The van der Waals surface area contributed by atoms with Crippen LogP contribution in [0.4, 0.5) is 10.5 Å². The Bertz CT molecular complexity index is 485. The van der Waals surface area contributed by atoms with Gasteiger partial charge in [-0.25, -0.2) is 4.79 Å². The van der Waals surface area contributed by atoms with E-state index in [1.807, 2.05) is 29.2 Å². The van der Waals surface area contributed by atoms with Gasteiger partial charge in [-0.3, -0.25) is 0 Å². The van der Waals surface area contributed by atoms with Crippen molar-refractivity contribution in [1.29, 1.82) is 0 Å². The van der Waals surface area contributed by atoms with E-state index in [1.165, 1.54) is 29.5 Å². The van der Waals surface area contributed by atoms with Gasteiger partial charge in [0.1, 0.15) is 0 Å². The third-order valence-corrected chi connectivity index (χ3v) is 5.12. The van der Waals surface area contributed by atoms with Gasteiger partial charge < -0.3 is 15.1 Å². The Hall–Kier alpha value is -0.820. The second-order valence-electron chi connectivity index (χ2n) is 5.93. The van der Waals surface area contributed by atoms with Crippen LogP contribution < -0.4 is 5.32 Å². The van der Waals surface area contributed by atoms with Crippen LogP contribution in [0.15, 0.2) is 24.3 Å². The van der Waals surface area contributed by atoms with Crippen molar-refractivity contribution in [2.45, 2.75) is 31.7 Å². The van der Waals surface area contributed by atoms with Crippen LogP contribution in [-0.2, 0) is 0 Å². The number of hydrogen-bond acceptors (Lipinski definition) is 2. The molecule has 2 amide bonds. The Morgan fingerprint density at radius 2 is 1.86 bits per heavy atom. The Balaban J connectivity index is 1.58. The van der Waals surface area contributed by atoms with Crippen molar-refractivity contribution in [1.82, 2.24) is 9.80 Å². The van der Waals surface area contributed by atoms with Crippen molar-refractivity contribution in [2.75, 3.05) is 31.5 Å². The molecule has 114 valence electrons. The fourth-order valence-corrected chi connectivity index (χ4v) is 3.64. The van der Waals surface area contributed by atoms with Crippen LogP contribution in [0.3, 0.4) is 0 Å². The van der Waals surface area contributed by atoms with Crippen molar-refractivity contribution in [3.63, 3.8) is 0 Å². The molecule has 1 atom stereocenters. The van der Waals surface area contributed by atoms with E-state index in [-0.39, 0.29) is 6.03 Å². The number of hydrogen-bond donors (Lipinski definition) is 1. The highest BCUT2D eigenvalue weighted by Gasteiger charge is 2.30. The lowest BCUT2D eigenvalue weighted by Crippen LogP contribution is -2.44. The summed E-state index contributed by atoms with van der Waals surface area (Å²) in [5, 5.41) is 3.03. The normalized spacial score (nSPS) is 22.7. The predicted molar refractivity (Wildman–Crippen MR) is 93.6 cm³/mol. The van der Waals surface area contributed by atoms with Crippen molar-refractivity contribution < 1.29 is 4.79 Å². The third kappa shape index (κ3) is 3.88. The van der Waals surface area contributed by atoms with Gasteiger partial charge in [-0.15, -0.1) is 0 Å². The number of halogens is 1. The first-order valence-electron chi connectivity index (χ1n) is 7.78. The lowest BCUT2D eigenvalue weighted by Gasteiger charge is -2.28. The van der Waals surface area contributed by atoms with E-state index in [2.05, 4.69) is 32.8 Å². The van der Waals surface area contributed by atoms with Gasteiger partial charge >= 0.3 is 6.03 Å². The predicted octanol–water partition coefficient (Wildman–Crippen LogP) is 3.38. The molecule has 3 rings (SSSR count). The van der Waals surface area contributed by atoms with E-state index >= 15 is 0 Å². The van der Waals surface area contributed by atoms with Crippen LogP contribution >= 0.6 is 22.6 Å². The molecular formula is C16H22IN3O. The first kappa shape index (κ1) is 15.1. The average Bonchev–Trinajstić information content (AvgIpc) is 3.13. The van der Waals surface area contributed by atoms with Crippen molar-refractivity contribution >= 4 is 34.3 Å². The minimum atomic E-state index is 0.0536. The zero-order valence-corrected chi connectivity index (χ0v) is 14.4. The highest BCUT2D eigenvalue weighted by atomic mass is 127. The van der Waals surface area contributed by atoms with E-state index in [1.54, 1.807) is 0 Å². The molecule has 2 heterocycles. The summed E-state index contributed by atoms with van der Waals surface area (Å²) in [4.78, 5) is 17.0. The summed E-state index contributed by atoms with van der Waals surface area (Å²) in [7, 11) is 0. The number of benzene rings is 1. The highest BCUT2D eigenvalue weighted by molar-refractivity contribution is 14.1. The fraction of sp³-hybridized carbons (Fsp3) is 0.562. The molecule has 0 aliphatic carbocycles. The number of rotatable bonds is 3. The molecule has 5 heteroatoms. The van der Waals surface area contributed by atoms with Gasteiger partial charge in [-0.2, -0.15) is 0 Å². The summed E-state index contributed by atoms with van der Waals surface area (Å²) in [6.45, 7) is 4.32. The molecule has 21 heavy (non-hydrogen) atoms. The number of anilines is 1. The number of carbonyl (C=O) groups is 1. The molecule has 2 aliphatic rings. The molecule has 2 saturated heterocycles. The number of carbonyl (C=O) groups excluding carboxylic acids is 1. The Morgan fingerprint density at radius 3 is 2.57 bits per heavy atom. The fourth-order valence-electron chi connectivity index (χ4n) is 3.28. The third-order valence-electron chi connectivity index (χ3n) is 4.40. The molecule has 2 aliphatic heterocycles. The number of nitrogens with zero attached hydrogens (tertiary/aromatic N) is 2. The lowest BCUT2D eigenvalue weighted by atomic mass is 10.2. The summed E-state index contributed by atoms with van der Waals surface area (Å²) in [6, 6.07) is 8.39. The van der Waals surface area contributed by atoms with Crippen molar-refractivity contribution in [2.24, 2.45) is 0 Å². The zero-order chi connectivity index (χ0) is 14.7. The van der Waals surface area contributed by atoms with Crippen molar-refractivity contribution in [3.05, 3.63) is 27.8 Å². The minimum Gasteiger partial charge on any atom is -0.320 e. The first-order chi connectivity index (χ1) is 10.2. The molecule has 2 fully saturated rings. The smallest absolute Gasteiger partial charge is 0.320 e. The van der Waals surface area contributed by atoms with Gasteiger partial charge in [0.15, 0.2) is 0 Å². The number of urea groups is 1. The van der Waals surface area contributed by atoms with E-state index in [0.717, 1.165) is 31.6 Å². The van der Waals surface area contributed by atoms with Crippen LogP contribution in [0.5, 0.6) is 0 Å². The quantitative estimate of drug-likeness (QED) is 0.792. The van der Waals surface area contributed by atoms with Gasteiger partial charge in [0, 0.05) is 28.4 Å². The topological polar surface area (TPSA) is 35.6 Å². The summed E-state index contributed by atoms with van der Waals surface area (Å²) < 4.78 is 1.18. The van der Waals surface area contributed by atoms with E-state index < -0.39 is 0 Å². The lowest BCUT2D eigenvalue weighted by molar-refractivity contribution is 0.186. The summed E-state index contributed by atoms with van der Waals surface area (Å²) in [5.74, 6) is 0. The molecular weight excluding hydrogens is 377 g/mol. The molecule has 0 spiro atoms. The Kier molecular flexibility index (Phi) is 5.00. The number of amides is 2. The van der Waals surface area contributed by atoms with E-state index in [4.69, 9.17) is 0 Å². The highest BCUT2D eigenvalue weighted by Crippen LogP contribution is 2.21. The van der Waals surface area contributed by atoms with Gasteiger partial charge in [0.2, 0.25) is 0 Å². The molecule has 1 N–H and O–H groups in total. The monoisotopic (exact) mass is 399 g/mol. The molecule has 0 bridgehead atoms. The van der Waals surface area contributed by atoms with Crippen molar-refractivity contribution in [3.8, 4) is 0 Å². The maximum Gasteiger partial charge on any atom is 0.322 e. The Morgan fingerprint density at radius 1 is 1.14 bits per heavy atom. The van der Waals surface area contributed by atoms with Gasteiger partial charge in [0.05, 0.1) is 0 Å². The summed E-state index contributed by atoms with van der Waals surface area (Å²) in [5.41, 5.74) is 0.882. The van der Waals surface area contributed by atoms with E-state index in [9.17, 15) is 4.79 Å². The average molecular weight is 399 g/mol. The number of likely N-dealkylation sites (tertiary alicyclic amines) is 2. The van der Waals surface area contributed by atoms with Gasteiger partial charge in [0.25, 0.3) is 0 Å². The van der Waals surface area contributed by atoms with Gasteiger partial charge in [-0.05, 0) is 85.6 Å². The Labute approximate surface area is 140 Å². The van der Waals surface area contributed by atoms with E-state index in [0.29, 0.717) is 6.04 Å². The molecule has 0 unspecified atom stereocenters. The van der Waals surface area contributed by atoms with Crippen LogP contribution in [0.2, 0.25) is 0 Å². The molecule has 4 nitrogen and oxygen atoms in total. The molecule has 1 aromatic carbocycles. The van der Waals surface area contributed by atoms with Gasteiger partial charge in [-0.1, -0.05) is 0 Å². The van der Waals surface area contributed by atoms with Crippen LogP contribution in [0.1, 0.15) is 25.7 Å². The maximum absolute atomic E-state index is 12.5. The SMILES string of the molecule is O=C(Nc1ccc(I)cc1)N1CCC[C@@H]1CN1CCCC1. The zero-order valence-electron chi connectivity index (χ0n) is 12.2. The van der Waals surface area contributed by atoms with Crippen LogP contribution in [-0.4, -0.2) is 48.1 Å². The second kappa shape index (κ2) is 6.96. The number of nitrogens with one attached hydrogen (secondary N) is 1. The standard InChI is InChI=1S/C16H22IN3O/c17-13-5-7-14(8-6-13)18-16(21)20-11-3-4-15(20)12-19-9-1-2-10-19/h5-8,15H,1-4,9-12H2,(H,18,21)/t15-/m1/s1. The van der Waals surface area contributed by atoms with Crippen LogP contribution in [0.25, 0.3) is 0 Å². The summed E-state index contributed by atoms with van der Waals surface area (Å²) >= 11 is 2.27. The molecule has 1 aromatic rings. The second-order valence-corrected chi connectivity index (χ2v) is 7.18. The minimum absolute atomic E-state index is 0.0536. The molecule has 0 aromatic heterocycles. The molecule has 0 radical (unpaired) electrons. The summed E-state index contributed by atoms with van der Waals surface area (Å²) in [6.07, 6.45) is 4.87. The first-order valence-corrected chi connectivity index (χ1v) is 8.86. The maximum atomic E-state index is 12.5.